The summed E-state index contributed by atoms with van der Waals surface area (Å²) in [5.74, 6) is -0.894. The molecule has 0 radical (unpaired) electrons. The number of esters is 3. The lowest BCUT2D eigenvalue weighted by Gasteiger charge is -2.18. The average molecular weight is 936 g/mol. The molecule has 6 heteroatoms. The van der Waals surface area contributed by atoms with Gasteiger partial charge in [0.05, 0.1) is 0 Å². The van der Waals surface area contributed by atoms with Crippen LogP contribution < -0.4 is 0 Å². The Morgan fingerprint density at radius 2 is 0.612 bits per heavy atom. The number of hydrogen-bond donors (Lipinski definition) is 0. The van der Waals surface area contributed by atoms with Crippen LogP contribution in [0.5, 0.6) is 0 Å². The van der Waals surface area contributed by atoms with Crippen LogP contribution in [0.15, 0.2) is 72.9 Å². The Balaban J connectivity index is 4.36. The molecule has 0 saturated heterocycles. The maximum Gasteiger partial charge on any atom is 0.306 e. The third-order valence-electron chi connectivity index (χ3n) is 12.2. The molecule has 0 aromatic carbocycles. The van der Waals surface area contributed by atoms with Crippen LogP contribution in [0.25, 0.3) is 0 Å². The van der Waals surface area contributed by atoms with Crippen molar-refractivity contribution in [2.45, 2.75) is 284 Å². The van der Waals surface area contributed by atoms with Gasteiger partial charge in [-0.15, -0.1) is 0 Å². The van der Waals surface area contributed by atoms with Gasteiger partial charge in [-0.2, -0.15) is 0 Å². The van der Waals surface area contributed by atoms with Crippen LogP contribution in [-0.4, -0.2) is 37.2 Å². The lowest BCUT2D eigenvalue weighted by atomic mass is 10.0. The van der Waals surface area contributed by atoms with Crippen LogP contribution in [0, 0.1) is 0 Å². The van der Waals surface area contributed by atoms with Crippen molar-refractivity contribution in [1.29, 1.82) is 0 Å². The first kappa shape index (κ1) is 63.8. The lowest BCUT2D eigenvalue weighted by Crippen LogP contribution is -2.30. The number of hydrogen-bond acceptors (Lipinski definition) is 6. The largest absolute Gasteiger partial charge is 0.462 e. The molecule has 0 aliphatic rings. The van der Waals surface area contributed by atoms with Gasteiger partial charge in [-0.1, -0.05) is 248 Å². The minimum atomic E-state index is -0.783. The Morgan fingerprint density at radius 1 is 0.313 bits per heavy atom. The van der Waals surface area contributed by atoms with Crippen LogP contribution in [0.2, 0.25) is 0 Å². The van der Waals surface area contributed by atoms with Gasteiger partial charge in [-0.3, -0.25) is 14.4 Å². The smallest absolute Gasteiger partial charge is 0.306 e. The molecule has 0 aliphatic carbocycles. The summed E-state index contributed by atoms with van der Waals surface area (Å²) < 4.78 is 16.8. The summed E-state index contributed by atoms with van der Waals surface area (Å²) in [4.78, 5) is 38.1. The fraction of sp³-hybridized carbons (Fsp3) is 0.754. The van der Waals surface area contributed by atoms with Gasteiger partial charge in [0.15, 0.2) is 6.10 Å². The predicted molar refractivity (Wildman–Crippen MR) is 288 cm³/mol. The highest BCUT2D eigenvalue weighted by molar-refractivity contribution is 5.71. The molecule has 0 saturated carbocycles. The molecule has 0 spiro atoms. The van der Waals surface area contributed by atoms with E-state index in [-0.39, 0.29) is 31.1 Å². The molecule has 67 heavy (non-hydrogen) atoms. The second-order valence-corrected chi connectivity index (χ2v) is 18.8. The van der Waals surface area contributed by atoms with Gasteiger partial charge in [0.1, 0.15) is 13.2 Å². The van der Waals surface area contributed by atoms with Crippen molar-refractivity contribution >= 4 is 17.9 Å². The first-order valence-corrected chi connectivity index (χ1v) is 28.4. The van der Waals surface area contributed by atoms with E-state index in [1.165, 1.54) is 122 Å². The summed E-state index contributed by atoms with van der Waals surface area (Å²) in [5.41, 5.74) is 0. The Labute approximate surface area is 414 Å². The van der Waals surface area contributed by atoms with Crippen molar-refractivity contribution in [1.82, 2.24) is 0 Å². The van der Waals surface area contributed by atoms with Crippen molar-refractivity contribution in [2.24, 2.45) is 0 Å². The highest BCUT2D eigenvalue weighted by Crippen LogP contribution is 2.16. The summed E-state index contributed by atoms with van der Waals surface area (Å²) in [6, 6.07) is 0. The van der Waals surface area contributed by atoms with Crippen molar-refractivity contribution in [3.05, 3.63) is 72.9 Å². The van der Waals surface area contributed by atoms with E-state index >= 15 is 0 Å². The van der Waals surface area contributed by atoms with E-state index in [1.54, 1.807) is 0 Å². The zero-order valence-corrected chi connectivity index (χ0v) is 44.2. The molecule has 0 heterocycles. The molecule has 386 valence electrons. The summed E-state index contributed by atoms with van der Waals surface area (Å²) >= 11 is 0. The zero-order chi connectivity index (χ0) is 48.6. The normalized spacial score (nSPS) is 12.6. The van der Waals surface area contributed by atoms with E-state index in [0.717, 1.165) is 116 Å². The molecule has 0 amide bonds. The SMILES string of the molecule is CC/C=C\C/C=C\C/C=C\C/C=C\CCCCCCCCCCC(=O)OCC(COC(=O)CCCCCCC/C=C\C/C=C\CCC)OC(=O)CCCCCCCCCCCCCCCCC. The topological polar surface area (TPSA) is 78.9 Å². The molecule has 0 aromatic heterocycles. The van der Waals surface area contributed by atoms with Crippen LogP contribution in [0.1, 0.15) is 278 Å². The Bertz CT molecular complexity index is 1260. The number of carbonyl (C=O) groups excluding carboxylic acids is 3. The molecule has 0 rings (SSSR count). The fourth-order valence-corrected chi connectivity index (χ4v) is 7.94. The fourth-order valence-electron chi connectivity index (χ4n) is 7.94. The van der Waals surface area contributed by atoms with Gasteiger partial charge in [0.2, 0.25) is 0 Å². The number of unbranched alkanes of at least 4 members (excludes halogenated alkanes) is 28. The minimum absolute atomic E-state index is 0.0822. The Hall–Kier alpha value is -3.15. The van der Waals surface area contributed by atoms with E-state index in [0.29, 0.717) is 19.3 Å². The molecular formula is C61H106O6. The van der Waals surface area contributed by atoms with E-state index in [1.807, 2.05) is 0 Å². The first-order valence-electron chi connectivity index (χ1n) is 28.4. The summed E-state index contributed by atoms with van der Waals surface area (Å²) in [6.07, 6.45) is 70.3. The van der Waals surface area contributed by atoms with E-state index in [4.69, 9.17) is 14.2 Å². The third-order valence-corrected chi connectivity index (χ3v) is 12.2. The van der Waals surface area contributed by atoms with E-state index in [2.05, 4.69) is 93.7 Å². The first-order chi connectivity index (χ1) is 33.0. The molecular weight excluding hydrogens is 829 g/mol. The number of allylic oxidation sites excluding steroid dienone is 12. The molecule has 0 aromatic rings. The standard InChI is InChI=1S/C61H106O6/c1-4-7-10-13-16-19-22-25-27-28-29-30-31-32-34-36-39-42-45-48-51-54-60(63)66-57-58(56-65-59(62)53-50-47-44-41-38-35-24-21-18-15-12-9-6-3)67-61(64)55-52-49-46-43-40-37-33-26-23-20-17-14-11-8-5-2/h7,10,12,15-16,19,21,24-25,27,29-30,58H,4-6,8-9,11,13-14,17-18,20,22-23,26,28,31-57H2,1-3H3/b10-7-,15-12-,19-16-,24-21-,27-25-,30-29-. The lowest BCUT2D eigenvalue weighted by molar-refractivity contribution is -0.167. The molecule has 0 fully saturated rings. The number of carbonyl (C=O) groups is 3. The maximum absolute atomic E-state index is 12.8. The average Bonchev–Trinajstić information content (AvgIpc) is 3.33. The monoisotopic (exact) mass is 935 g/mol. The van der Waals surface area contributed by atoms with E-state index in [9.17, 15) is 14.4 Å². The van der Waals surface area contributed by atoms with E-state index < -0.39 is 6.10 Å². The minimum Gasteiger partial charge on any atom is -0.462 e. The highest BCUT2D eigenvalue weighted by atomic mass is 16.6. The summed E-state index contributed by atoms with van der Waals surface area (Å²) in [7, 11) is 0. The van der Waals surface area contributed by atoms with Gasteiger partial charge in [0.25, 0.3) is 0 Å². The predicted octanol–water partition coefficient (Wildman–Crippen LogP) is 19.0. The Morgan fingerprint density at radius 3 is 0.970 bits per heavy atom. The van der Waals surface area contributed by atoms with Crippen LogP contribution >= 0.6 is 0 Å². The number of rotatable bonds is 51. The molecule has 0 N–H and O–H groups in total. The van der Waals surface area contributed by atoms with Gasteiger partial charge >= 0.3 is 17.9 Å². The highest BCUT2D eigenvalue weighted by Gasteiger charge is 2.19. The van der Waals surface area contributed by atoms with Crippen molar-refractivity contribution < 1.29 is 28.6 Å². The Kier molecular flexibility index (Phi) is 52.8. The van der Waals surface area contributed by atoms with Gasteiger partial charge in [0, 0.05) is 19.3 Å². The molecule has 0 bridgehead atoms. The van der Waals surface area contributed by atoms with Gasteiger partial charge in [-0.05, 0) is 83.5 Å². The van der Waals surface area contributed by atoms with Crippen molar-refractivity contribution in [3.8, 4) is 0 Å². The molecule has 0 aliphatic heterocycles. The van der Waals surface area contributed by atoms with Crippen LogP contribution in [0.3, 0.4) is 0 Å². The summed E-state index contributed by atoms with van der Waals surface area (Å²) in [5, 5.41) is 0. The second-order valence-electron chi connectivity index (χ2n) is 18.8. The van der Waals surface area contributed by atoms with Crippen LogP contribution in [0.4, 0.5) is 0 Å². The third kappa shape index (κ3) is 53.7. The quantitative estimate of drug-likeness (QED) is 0.0262. The maximum atomic E-state index is 12.8. The van der Waals surface area contributed by atoms with Gasteiger partial charge in [-0.25, -0.2) is 0 Å². The molecule has 1 unspecified atom stereocenters. The molecule has 6 nitrogen and oxygen atoms in total. The van der Waals surface area contributed by atoms with Crippen molar-refractivity contribution in [3.63, 3.8) is 0 Å². The number of ether oxygens (including phenoxy) is 3. The van der Waals surface area contributed by atoms with Gasteiger partial charge < -0.3 is 14.2 Å². The second kappa shape index (κ2) is 55.4. The molecule has 1 atom stereocenters. The van der Waals surface area contributed by atoms with Crippen molar-refractivity contribution in [2.75, 3.05) is 13.2 Å². The zero-order valence-electron chi connectivity index (χ0n) is 44.2. The summed E-state index contributed by atoms with van der Waals surface area (Å²) in [6.45, 7) is 6.47. The van der Waals surface area contributed by atoms with Crippen LogP contribution in [-0.2, 0) is 28.6 Å².